The van der Waals surface area contributed by atoms with Gasteiger partial charge in [-0.05, 0) is 39.5 Å². The first-order valence-electron chi connectivity index (χ1n) is 8.40. The van der Waals surface area contributed by atoms with E-state index in [-0.39, 0.29) is 11.6 Å². The molecule has 1 saturated carbocycles. The summed E-state index contributed by atoms with van der Waals surface area (Å²) in [6, 6.07) is 0. The number of hydrogen-bond acceptors (Lipinski definition) is 5. The first-order valence-corrected chi connectivity index (χ1v) is 8.40. The number of nitrogens with one attached hydrogen (secondary N) is 2. The molecule has 0 spiro atoms. The molecule has 2 rings (SSSR count). The Bertz CT molecular complexity index is 496. The molecule has 0 aliphatic heterocycles. The van der Waals surface area contributed by atoms with Crippen LogP contribution in [0.2, 0.25) is 0 Å². The Morgan fingerprint density at radius 3 is 2.87 bits per heavy atom. The largest absolute Gasteiger partial charge is 0.447 e. The Balaban J connectivity index is 1.97. The predicted molar refractivity (Wildman–Crippen MR) is 87.9 cm³/mol. The third kappa shape index (κ3) is 5.23. The summed E-state index contributed by atoms with van der Waals surface area (Å²) in [7, 11) is 0. The van der Waals surface area contributed by atoms with Crippen LogP contribution in [0.25, 0.3) is 0 Å². The molecule has 1 amide bonds. The Kier molecular flexibility index (Phi) is 5.68. The van der Waals surface area contributed by atoms with Gasteiger partial charge in [-0.25, -0.2) is 9.78 Å². The molecule has 1 fully saturated rings. The van der Waals surface area contributed by atoms with Gasteiger partial charge in [0, 0.05) is 12.1 Å². The molecule has 0 radical (unpaired) electrons. The molecule has 1 heterocycles. The molecular weight excluding hydrogens is 294 g/mol. The molecule has 0 bridgehead atoms. The lowest BCUT2D eigenvalue weighted by Crippen LogP contribution is -2.58. The van der Waals surface area contributed by atoms with Crippen molar-refractivity contribution < 1.29 is 13.9 Å². The lowest BCUT2D eigenvalue weighted by Gasteiger charge is -2.43. The Morgan fingerprint density at radius 1 is 1.48 bits per heavy atom. The SMILES string of the molecule is CC1CCCCC1(CNC(=O)OC(C)(C)C)NCc1cnco1. The van der Waals surface area contributed by atoms with Gasteiger partial charge in [0.2, 0.25) is 0 Å². The van der Waals surface area contributed by atoms with Gasteiger partial charge in [-0.1, -0.05) is 19.8 Å². The van der Waals surface area contributed by atoms with Gasteiger partial charge in [0.1, 0.15) is 11.4 Å². The van der Waals surface area contributed by atoms with E-state index in [9.17, 15) is 4.79 Å². The minimum atomic E-state index is -0.483. The van der Waals surface area contributed by atoms with Gasteiger partial charge in [-0.3, -0.25) is 0 Å². The van der Waals surface area contributed by atoms with Crippen LogP contribution in [0.1, 0.15) is 59.1 Å². The molecule has 130 valence electrons. The van der Waals surface area contributed by atoms with Crippen LogP contribution in [-0.4, -0.2) is 28.8 Å². The summed E-state index contributed by atoms with van der Waals surface area (Å²) in [6.07, 6.45) is 7.36. The fraction of sp³-hybridized carbons (Fsp3) is 0.765. The predicted octanol–water partition coefficient (Wildman–Crippen LogP) is 3.24. The van der Waals surface area contributed by atoms with E-state index in [4.69, 9.17) is 9.15 Å². The zero-order chi connectivity index (χ0) is 16.9. The lowest BCUT2D eigenvalue weighted by molar-refractivity contribution is 0.0478. The van der Waals surface area contributed by atoms with E-state index in [0.717, 1.165) is 25.0 Å². The van der Waals surface area contributed by atoms with Crippen molar-refractivity contribution in [2.75, 3.05) is 6.54 Å². The highest BCUT2D eigenvalue weighted by Gasteiger charge is 2.38. The van der Waals surface area contributed by atoms with Crippen molar-refractivity contribution >= 4 is 6.09 Å². The molecule has 2 unspecified atom stereocenters. The average Bonchev–Trinajstić information content (AvgIpc) is 2.97. The van der Waals surface area contributed by atoms with Crippen LogP contribution in [0.4, 0.5) is 4.79 Å². The first-order chi connectivity index (χ1) is 10.8. The van der Waals surface area contributed by atoms with Crippen LogP contribution in [0, 0.1) is 5.92 Å². The summed E-state index contributed by atoms with van der Waals surface area (Å²) in [6.45, 7) is 9.01. The molecule has 0 aromatic carbocycles. The lowest BCUT2D eigenvalue weighted by atomic mass is 9.73. The van der Waals surface area contributed by atoms with Crippen LogP contribution in [-0.2, 0) is 11.3 Å². The third-order valence-corrected chi connectivity index (χ3v) is 4.50. The van der Waals surface area contributed by atoms with Crippen molar-refractivity contribution in [3.8, 4) is 0 Å². The van der Waals surface area contributed by atoms with E-state index in [2.05, 4.69) is 22.5 Å². The Morgan fingerprint density at radius 2 is 2.26 bits per heavy atom. The number of nitrogens with zero attached hydrogens (tertiary/aromatic N) is 1. The van der Waals surface area contributed by atoms with Crippen LogP contribution < -0.4 is 10.6 Å². The van der Waals surface area contributed by atoms with E-state index in [0.29, 0.717) is 19.0 Å². The van der Waals surface area contributed by atoms with Crippen LogP contribution in [0.5, 0.6) is 0 Å². The van der Waals surface area contributed by atoms with E-state index >= 15 is 0 Å². The topological polar surface area (TPSA) is 76.4 Å². The monoisotopic (exact) mass is 323 g/mol. The number of ether oxygens (including phenoxy) is 1. The van der Waals surface area contributed by atoms with Crippen molar-refractivity contribution in [2.24, 2.45) is 5.92 Å². The summed E-state index contributed by atoms with van der Waals surface area (Å²) in [5, 5.41) is 6.54. The number of hydrogen-bond donors (Lipinski definition) is 2. The standard InChI is InChI=1S/C17H29N3O3/c1-13-7-5-6-8-17(13,20-10-14-9-18-12-22-14)11-19-15(21)23-16(2,3)4/h9,12-13,20H,5-8,10-11H2,1-4H3,(H,19,21). The summed E-state index contributed by atoms with van der Waals surface area (Å²) in [4.78, 5) is 15.9. The summed E-state index contributed by atoms with van der Waals surface area (Å²) < 4.78 is 10.7. The molecule has 2 atom stereocenters. The van der Waals surface area contributed by atoms with Crippen molar-refractivity contribution in [3.63, 3.8) is 0 Å². The maximum atomic E-state index is 12.0. The minimum Gasteiger partial charge on any atom is -0.447 e. The Hall–Kier alpha value is -1.56. The number of amides is 1. The van der Waals surface area contributed by atoms with Crippen molar-refractivity contribution in [1.82, 2.24) is 15.6 Å². The Labute approximate surface area is 138 Å². The molecule has 0 saturated heterocycles. The zero-order valence-electron chi connectivity index (χ0n) is 14.6. The summed E-state index contributed by atoms with van der Waals surface area (Å²) >= 11 is 0. The summed E-state index contributed by atoms with van der Waals surface area (Å²) in [5.74, 6) is 1.27. The van der Waals surface area contributed by atoms with Gasteiger partial charge < -0.3 is 19.8 Å². The van der Waals surface area contributed by atoms with Gasteiger partial charge in [0.05, 0.1) is 12.7 Å². The second kappa shape index (κ2) is 7.34. The second-order valence-electron chi connectivity index (χ2n) is 7.48. The summed E-state index contributed by atoms with van der Waals surface area (Å²) in [5.41, 5.74) is -0.620. The molecule has 1 aromatic rings. The van der Waals surface area contributed by atoms with Gasteiger partial charge in [0.15, 0.2) is 6.39 Å². The van der Waals surface area contributed by atoms with Crippen LogP contribution >= 0.6 is 0 Å². The number of rotatable bonds is 5. The smallest absolute Gasteiger partial charge is 0.407 e. The van der Waals surface area contributed by atoms with Gasteiger partial charge in [-0.15, -0.1) is 0 Å². The van der Waals surface area contributed by atoms with E-state index in [1.54, 1.807) is 6.20 Å². The molecular formula is C17H29N3O3. The number of oxazole rings is 1. The fourth-order valence-corrected chi connectivity index (χ4v) is 3.14. The highest BCUT2D eigenvalue weighted by molar-refractivity contribution is 5.67. The first kappa shape index (κ1) is 17.8. The fourth-order valence-electron chi connectivity index (χ4n) is 3.14. The molecule has 1 aromatic heterocycles. The normalized spacial score (nSPS) is 25.1. The highest BCUT2D eigenvalue weighted by Crippen LogP contribution is 2.33. The van der Waals surface area contributed by atoms with E-state index < -0.39 is 5.60 Å². The quantitative estimate of drug-likeness (QED) is 0.870. The van der Waals surface area contributed by atoms with Crippen molar-refractivity contribution in [1.29, 1.82) is 0 Å². The number of carbonyl (C=O) groups is 1. The third-order valence-electron chi connectivity index (χ3n) is 4.50. The number of alkyl carbamates (subject to hydrolysis) is 1. The molecule has 1 aliphatic carbocycles. The van der Waals surface area contributed by atoms with E-state index in [1.165, 1.54) is 12.8 Å². The molecule has 2 N–H and O–H groups in total. The second-order valence-corrected chi connectivity index (χ2v) is 7.48. The minimum absolute atomic E-state index is 0.137. The van der Waals surface area contributed by atoms with Gasteiger partial charge in [0.25, 0.3) is 0 Å². The zero-order valence-corrected chi connectivity index (χ0v) is 14.6. The molecule has 6 nitrogen and oxygen atoms in total. The van der Waals surface area contributed by atoms with Crippen LogP contribution in [0.3, 0.4) is 0 Å². The van der Waals surface area contributed by atoms with Crippen LogP contribution in [0.15, 0.2) is 17.0 Å². The average molecular weight is 323 g/mol. The van der Waals surface area contributed by atoms with Crippen molar-refractivity contribution in [2.45, 2.75) is 71.1 Å². The maximum Gasteiger partial charge on any atom is 0.407 e. The van der Waals surface area contributed by atoms with E-state index in [1.807, 2.05) is 20.8 Å². The van der Waals surface area contributed by atoms with Crippen molar-refractivity contribution in [3.05, 3.63) is 18.4 Å². The number of carbonyl (C=O) groups excluding carboxylic acids is 1. The maximum absolute atomic E-state index is 12.0. The molecule has 1 aliphatic rings. The molecule has 23 heavy (non-hydrogen) atoms. The highest BCUT2D eigenvalue weighted by atomic mass is 16.6. The van der Waals surface area contributed by atoms with Gasteiger partial charge >= 0.3 is 6.09 Å². The molecule has 6 heteroatoms. The number of aromatic nitrogens is 1. The van der Waals surface area contributed by atoms with Gasteiger partial charge in [-0.2, -0.15) is 0 Å².